The number of amidine groups is 1. The SMILES string of the molecule is CCC1=N[C@H](c2ccc(O)cc2Cl)[C@H](c2ccc(O)cc2Cl)N1. The van der Waals surface area contributed by atoms with Crippen LogP contribution in [0.25, 0.3) is 0 Å². The highest BCUT2D eigenvalue weighted by Crippen LogP contribution is 2.42. The minimum absolute atomic E-state index is 0.114. The highest BCUT2D eigenvalue weighted by atomic mass is 35.5. The highest BCUT2D eigenvalue weighted by Gasteiger charge is 2.33. The molecule has 1 heterocycles. The van der Waals surface area contributed by atoms with E-state index in [0.717, 1.165) is 23.4 Å². The summed E-state index contributed by atoms with van der Waals surface area (Å²) in [4.78, 5) is 4.71. The second kappa shape index (κ2) is 6.30. The molecule has 3 rings (SSSR count). The van der Waals surface area contributed by atoms with E-state index in [2.05, 4.69) is 5.32 Å². The molecule has 0 saturated carbocycles. The first kappa shape index (κ1) is 16.0. The van der Waals surface area contributed by atoms with Crippen LogP contribution in [0.5, 0.6) is 11.5 Å². The molecule has 1 aliphatic heterocycles. The Bertz CT molecular complexity index is 777. The third-order valence-corrected chi connectivity index (χ3v) is 4.54. The van der Waals surface area contributed by atoms with Crippen molar-refractivity contribution in [1.29, 1.82) is 0 Å². The van der Waals surface area contributed by atoms with Gasteiger partial charge in [0.05, 0.1) is 11.9 Å². The van der Waals surface area contributed by atoms with Crippen LogP contribution in [0.3, 0.4) is 0 Å². The van der Waals surface area contributed by atoms with E-state index >= 15 is 0 Å². The van der Waals surface area contributed by atoms with Crippen LogP contribution in [0.2, 0.25) is 10.0 Å². The molecule has 4 nitrogen and oxygen atoms in total. The molecule has 0 spiro atoms. The zero-order chi connectivity index (χ0) is 16.6. The first-order chi connectivity index (χ1) is 11.0. The Morgan fingerprint density at radius 1 is 1.00 bits per heavy atom. The molecule has 0 unspecified atom stereocenters. The molecule has 3 N–H and O–H groups in total. The fourth-order valence-electron chi connectivity index (χ4n) is 2.75. The molecule has 1 aliphatic rings. The monoisotopic (exact) mass is 350 g/mol. The van der Waals surface area contributed by atoms with Crippen LogP contribution in [0.1, 0.15) is 36.6 Å². The van der Waals surface area contributed by atoms with Crippen molar-refractivity contribution in [2.45, 2.75) is 25.4 Å². The van der Waals surface area contributed by atoms with Gasteiger partial charge in [0, 0.05) is 16.5 Å². The van der Waals surface area contributed by atoms with Gasteiger partial charge in [-0.2, -0.15) is 0 Å². The van der Waals surface area contributed by atoms with Crippen molar-refractivity contribution in [3.63, 3.8) is 0 Å². The van der Waals surface area contributed by atoms with Crippen molar-refractivity contribution >= 4 is 29.0 Å². The van der Waals surface area contributed by atoms with Crippen LogP contribution in [-0.4, -0.2) is 16.0 Å². The minimum Gasteiger partial charge on any atom is -0.508 e. The lowest BCUT2D eigenvalue weighted by Gasteiger charge is -2.21. The van der Waals surface area contributed by atoms with E-state index in [1.54, 1.807) is 24.3 Å². The lowest BCUT2D eigenvalue weighted by Crippen LogP contribution is -2.24. The van der Waals surface area contributed by atoms with Gasteiger partial charge in [-0.05, 0) is 35.4 Å². The molecule has 0 radical (unpaired) electrons. The van der Waals surface area contributed by atoms with Crippen LogP contribution >= 0.6 is 23.2 Å². The predicted octanol–water partition coefficient (Wildman–Crippen LogP) is 4.60. The molecule has 0 aliphatic carbocycles. The van der Waals surface area contributed by atoms with E-state index in [4.69, 9.17) is 28.2 Å². The molecule has 0 amide bonds. The number of hydrogen-bond donors (Lipinski definition) is 3. The van der Waals surface area contributed by atoms with E-state index < -0.39 is 0 Å². The summed E-state index contributed by atoms with van der Waals surface area (Å²) in [5.41, 5.74) is 1.65. The summed E-state index contributed by atoms with van der Waals surface area (Å²) in [5.74, 6) is 1.10. The molecule has 0 fully saturated rings. The number of nitrogens with one attached hydrogen (secondary N) is 1. The Morgan fingerprint density at radius 3 is 2.09 bits per heavy atom. The molecule has 0 aromatic heterocycles. The zero-order valence-electron chi connectivity index (χ0n) is 12.4. The van der Waals surface area contributed by atoms with E-state index in [1.165, 1.54) is 12.1 Å². The van der Waals surface area contributed by atoms with E-state index in [9.17, 15) is 10.2 Å². The number of rotatable bonds is 3. The number of phenols is 2. The molecule has 0 saturated heterocycles. The number of halogens is 2. The average molecular weight is 351 g/mol. The van der Waals surface area contributed by atoms with Crippen molar-refractivity contribution in [3.8, 4) is 11.5 Å². The van der Waals surface area contributed by atoms with Gasteiger partial charge in [0.1, 0.15) is 17.5 Å². The van der Waals surface area contributed by atoms with Crippen molar-refractivity contribution in [1.82, 2.24) is 5.32 Å². The lowest BCUT2D eigenvalue weighted by molar-refractivity contribution is 0.472. The Hall–Kier alpha value is -1.91. The minimum atomic E-state index is -0.250. The number of hydrogen-bond acceptors (Lipinski definition) is 4. The highest BCUT2D eigenvalue weighted by molar-refractivity contribution is 6.32. The molecular weight excluding hydrogens is 335 g/mol. The first-order valence-electron chi connectivity index (χ1n) is 7.29. The van der Waals surface area contributed by atoms with Gasteiger partial charge in [-0.3, -0.25) is 4.99 Å². The molecule has 0 bridgehead atoms. The Kier molecular flexibility index (Phi) is 4.37. The first-order valence-corrected chi connectivity index (χ1v) is 8.05. The van der Waals surface area contributed by atoms with Gasteiger partial charge in [-0.1, -0.05) is 42.3 Å². The van der Waals surface area contributed by atoms with Crippen molar-refractivity contribution in [2.24, 2.45) is 4.99 Å². The normalized spacial score (nSPS) is 20.2. The molecule has 2 aromatic carbocycles. The van der Waals surface area contributed by atoms with E-state index in [0.29, 0.717) is 10.0 Å². The zero-order valence-corrected chi connectivity index (χ0v) is 13.9. The number of aromatic hydroxyl groups is 2. The van der Waals surface area contributed by atoms with Crippen LogP contribution in [0.4, 0.5) is 0 Å². The quantitative estimate of drug-likeness (QED) is 0.757. The summed E-state index contributed by atoms with van der Waals surface area (Å²) < 4.78 is 0. The standard InChI is InChI=1S/C17H16Cl2N2O2/c1-2-15-20-16(11-5-3-9(22)7-13(11)18)17(21-15)12-6-4-10(23)8-14(12)19/h3-8,16-17,22-23H,2H2,1H3,(H,20,21)/t16-,17+. The molecule has 120 valence electrons. The number of aliphatic imine (C=N–C) groups is 1. The largest absolute Gasteiger partial charge is 0.508 e. The van der Waals surface area contributed by atoms with Crippen molar-refractivity contribution in [2.75, 3.05) is 0 Å². The molecular formula is C17H16Cl2N2O2. The summed E-state index contributed by atoms with van der Waals surface area (Å²) in [6.45, 7) is 2.02. The number of benzene rings is 2. The second-order valence-electron chi connectivity index (χ2n) is 5.41. The van der Waals surface area contributed by atoms with Crippen LogP contribution in [-0.2, 0) is 0 Å². The number of nitrogens with zero attached hydrogens (tertiary/aromatic N) is 1. The third-order valence-electron chi connectivity index (χ3n) is 3.89. The molecule has 23 heavy (non-hydrogen) atoms. The predicted molar refractivity (Wildman–Crippen MR) is 92.6 cm³/mol. The Morgan fingerprint density at radius 2 is 1.57 bits per heavy atom. The van der Waals surface area contributed by atoms with Gasteiger partial charge >= 0.3 is 0 Å². The Labute approximate surface area is 144 Å². The average Bonchev–Trinajstić information content (AvgIpc) is 2.91. The van der Waals surface area contributed by atoms with Crippen LogP contribution < -0.4 is 5.32 Å². The van der Waals surface area contributed by atoms with E-state index in [1.807, 2.05) is 6.92 Å². The van der Waals surface area contributed by atoms with Gasteiger partial charge in [0.25, 0.3) is 0 Å². The summed E-state index contributed by atoms with van der Waals surface area (Å²) in [7, 11) is 0. The summed E-state index contributed by atoms with van der Waals surface area (Å²) in [6.07, 6.45) is 0.762. The van der Waals surface area contributed by atoms with Crippen molar-refractivity contribution < 1.29 is 10.2 Å². The van der Waals surface area contributed by atoms with Gasteiger partial charge < -0.3 is 15.5 Å². The molecule has 6 heteroatoms. The smallest absolute Gasteiger partial charge is 0.117 e. The summed E-state index contributed by atoms with van der Waals surface area (Å²) >= 11 is 12.6. The Balaban J connectivity index is 2.05. The van der Waals surface area contributed by atoms with Gasteiger partial charge in [-0.25, -0.2) is 0 Å². The van der Waals surface area contributed by atoms with Crippen LogP contribution in [0.15, 0.2) is 41.4 Å². The van der Waals surface area contributed by atoms with Crippen molar-refractivity contribution in [3.05, 3.63) is 57.6 Å². The number of phenolic OH excluding ortho intramolecular Hbond substituents is 2. The maximum atomic E-state index is 9.55. The summed E-state index contributed by atoms with van der Waals surface area (Å²) in [5, 5.41) is 23.4. The fraction of sp³-hybridized carbons (Fsp3) is 0.235. The molecule has 2 atom stereocenters. The van der Waals surface area contributed by atoms with E-state index in [-0.39, 0.29) is 23.6 Å². The maximum Gasteiger partial charge on any atom is 0.117 e. The summed E-state index contributed by atoms with van der Waals surface area (Å²) in [6, 6.07) is 9.33. The van der Waals surface area contributed by atoms with Crippen LogP contribution in [0, 0.1) is 0 Å². The topological polar surface area (TPSA) is 64.9 Å². The molecule has 2 aromatic rings. The lowest BCUT2D eigenvalue weighted by atomic mass is 9.94. The second-order valence-corrected chi connectivity index (χ2v) is 6.22. The fourth-order valence-corrected chi connectivity index (χ4v) is 3.33. The van der Waals surface area contributed by atoms with Gasteiger partial charge in [0.2, 0.25) is 0 Å². The third kappa shape index (κ3) is 3.09. The van der Waals surface area contributed by atoms with Gasteiger partial charge in [-0.15, -0.1) is 0 Å². The maximum absolute atomic E-state index is 9.55. The van der Waals surface area contributed by atoms with Gasteiger partial charge in [0.15, 0.2) is 0 Å².